The summed E-state index contributed by atoms with van der Waals surface area (Å²) in [5.74, 6) is 0.707. The number of hydrogen-bond acceptors (Lipinski definition) is 3. The average molecular weight is 362 g/mol. The van der Waals surface area contributed by atoms with Crippen molar-refractivity contribution >= 4 is 46.6 Å². The van der Waals surface area contributed by atoms with Gasteiger partial charge in [0.15, 0.2) is 0 Å². The monoisotopic (exact) mass is 360 g/mol. The van der Waals surface area contributed by atoms with Crippen LogP contribution < -0.4 is 0 Å². The highest BCUT2D eigenvalue weighted by molar-refractivity contribution is 7.99. The Hall–Kier alpha value is -0.480. The van der Waals surface area contributed by atoms with E-state index in [0.717, 1.165) is 15.5 Å². The molecule has 2 nitrogen and oxygen atoms in total. The minimum absolute atomic E-state index is 0.176. The van der Waals surface area contributed by atoms with Crippen LogP contribution >= 0.6 is 46.6 Å². The summed E-state index contributed by atoms with van der Waals surface area (Å²) in [4.78, 5) is 9.85. The molecule has 0 spiro atoms. The topological polar surface area (TPSA) is 25.8 Å². The summed E-state index contributed by atoms with van der Waals surface area (Å²) in [6, 6.07) is 5.35. The lowest BCUT2D eigenvalue weighted by Crippen LogP contribution is -2.17. The Morgan fingerprint density at radius 2 is 1.71 bits per heavy atom. The molecule has 1 aromatic carbocycles. The molecule has 0 bridgehead atoms. The highest BCUT2D eigenvalue weighted by Gasteiger charge is 2.21. The maximum atomic E-state index is 6.24. The Labute approximate surface area is 144 Å². The van der Waals surface area contributed by atoms with Crippen molar-refractivity contribution in [2.45, 2.75) is 43.0 Å². The Kier molecular flexibility index (Phi) is 5.09. The third-order valence-corrected chi connectivity index (χ3v) is 5.01. The molecule has 1 aromatic heterocycles. The van der Waals surface area contributed by atoms with Crippen molar-refractivity contribution in [2.24, 2.45) is 0 Å². The van der Waals surface area contributed by atoms with E-state index in [-0.39, 0.29) is 5.41 Å². The largest absolute Gasteiger partial charge is 0.225 e. The third kappa shape index (κ3) is 4.04. The zero-order chi connectivity index (χ0) is 15.8. The molecule has 0 amide bonds. The van der Waals surface area contributed by atoms with Gasteiger partial charge in [-0.05, 0) is 25.1 Å². The van der Waals surface area contributed by atoms with Crippen LogP contribution in [0.5, 0.6) is 0 Å². The first-order valence-corrected chi connectivity index (χ1v) is 8.31. The van der Waals surface area contributed by atoms with E-state index in [2.05, 4.69) is 30.7 Å². The summed E-state index contributed by atoms with van der Waals surface area (Å²) in [6.45, 7) is 8.05. The fraction of sp³-hybridized carbons (Fsp3) is 0.333. The first kappa shape index (κ1) is 16.9. The molecular weight excluding hydrogens is 347 g/mol. The van der Waals surface area contributed by atoms with E-state index in [0.29, 0.717) is 21.0 Å². The second kappa shape index (κ2) is 6.33. The summed E-state index contributed by atoms with van der Waals surface area (Å²) in [5.41, 5.74) is 0.663. The van der Waals surface area contributed by atoms with Gasteiger partial charge in [-0.25, -0.2) is 9.97 Å². The van der Waals surface area contributed by atoms with E-state index >= 15 is 0 Å². The van der Waals surface area contributed by atoms with E-state index in [9.17, 15) is 0 Å². The van der Waals surface area contributed by atoms with Crippen LogP contribution in [0.3, 0.4) is 0 Å². The number of hydrogen-bond donors (Lipinski definition) is 0. The third-order valence-electron chi connectivity index (χ3n) is 2.81. The predicted octanol–water partition coefficient (Wildman–Crippen LogP) is 6.19. The molecule has 21 heavy (non-hydrogen) atoms. The molecule has 112 valence electrons. The van der Waals surface area contributed by atoms with Crippen LogP contribution in [0, 0.1) is 6.92 Å². The molecule has 0 N–H and O–H groups in total. The van der Waals surface area contributed by atoms with E-state index in [4.69, 9.17) is 34.8 Å². The maximum absolute atomic E-state index is 6.24. The average Bonchev–Trinajstić information content (AvgIpc) is 2.37. The van der Waals surface area contributed by atoms with Crippen LogP contribution in [0.15, 0.2) is 28.1 Å². The molecule has 2 rings (SSSR count). The smallest absolute Gasteiger partial charge is 0.136 e. The summed E-state index contributed by atoms with van der Waals surface area (Å²) in [6.07, 6.45) is 0. The van der Waals surface area contributed by atoms with Crippen molar-refractivity contribution in [2.75, 3.05) is 0 Å². The SMILES string of the molecule is Cc1c(Cl)nc(C(C)(C)C)nc1Sc1cc(Cl)ccc1Cl. The minimum atomic E-state index is -0.176. The standard InChI is InChI=1S/C15H15Cl3N2S/c1-8-12(18)19-14(15(2,3)4)20-13(8)21-11-7-9(16)5-6-10(11)17/h5-7H,1-4H3. The minimum Gasteiger partial charge on any atom is -0.225 e. The quantitative estimate of drug-likeness (QED) is 0.596. The lowest BCUT2D eigenvalue weighted by atomic mass is 9.96. The fourth-order valence-corrected chi connectivity index (χ4v) is 3.20. The van der Waals surface area contributed by atoms with Crippen LogP contribution in [0.1, 0.15) is 32.2 Å². The second-order valence-electron chi connectivity index (χ2n) is 5.69. The number of halogens is 3. The molecule has 0 aliphatic rings. The number of nitrogens with zero attached hydrogens (tertiary/aromatic N) is 2. The maximum Gasteiger partial charge on any atom is 0.136 e. The van der Waals surface area contributed by atoms with Gasteiger partial charge >= 0.3 is 0 Å². The number of aromatic nitrogens is 2. The molecule has 6 heteroatoms. The van der Waals surface area contributed by atoms with Crippen molar-refractivity contribution in [3.05, 3.63) is 44.8 Å². The summed E-state index contributed by atoms with van der Waals surface area (Å²) in [5, 5.41) is 2.53. The van der Waals surface area contributed by atoms with Crippen LogP contribution in [-0.2, 0) is 5.41 Å². The zero-order valence-corrected chi connectivity index (χ0v) is 15.3. The molecule has 1 heterocycles. The predicted molar refractivity (Wildman–Crippen MR) is 91.1 cm³/mol. The molecular formula is C15H15Cl3N2S. The fourth-order valence-electron chi connectivity index (χ4n) is 1.56. The van der Waals surface area contributed by atoms with Crippen LogP contribution in [0.4, 0.5) is 0 Å². The molecule has 0 saturated carbocycles. The Balaban J connectivity index is 2.49. The Morgan fingerprint density at radius 1 is 1.05 bits per heavy atom. The van der Waals surface area contributed by atoms with E-state index in [1.165, 1.54) is 11.8 Å². The van der Waals surface area contributed by atoms with Crippen LogP contribution in [-0.4, -0.2) is 9.97 Å². The van der Waals surface area contributed by atoms with E-state index in [1.54, 1.807) is 12.1 Å². The molecule has 2 aromatic rings. The second-order valence-corrected chi connectivity index (χ2v) is 7.93. The van der Waals surface area contributed by atoms with Gasteiger partial charge in [0.2, 0.25) is 0 Å². The van der Waals surface area contributed by atoms with Gasteiger partial charge in [0.1, 0.15) is 16.0 Å². The lowest BCUT2D eigenvalue weighted by molar-refractivity contribution is 0.537. The first-order valence-electron chi connectivity index (χ1n) is 6.36. The van der Waals surface area contributed by atoms with Gasteiger partial charge in [-0.1, -0.05) is 67.3 Å². The van der Waals surface area contributed by atoms with Crippen molar-refractivity contribution in [1.82, 2.24) is 9.97 Å². The normalized spacial score (nSPS) is 11.8. The van der Waals surface area contributed by atoms with Crippen LogP contribution in [0.25, 0.3) is 0 Å². The Bertz CT molecular complexity index is 681. The van der Waals surface area contributed by atoms with Gasteiger partial charge in [-0.3, -0.25) is 0 Å². The number of benzene rings is 1. The summed E-state index contributed by atoms with van der Waals surface area (Å²) < 4.78 is 0. The zero-order valence-electron chi connectivity index (χ0n) is 12.2. The highest BCUT2D eigenvalue weighted by atomic mass is 35.5. The summed E-state index contributed by atoms with van der Waals surface area (Å²) in [7, 11) is 0. The van der Waals surface area contributed by atoms with Gasteiger partial charge < -0.3 is 0 Å². The van der Waals surface area contributed by atoms with E-state index in [1.807, 2.05) is 13.0 Å². The molecule has 0 fully saturated rings. The van der Waals surface area contributed by atoms with Crippen molar-refractivity contribution in [3.8, 4) is 0 Å². The van der Waals surface area contributed by atoms with Gasteiger partial charge in [-0.2, -0.15) is 0 Å². The van der Waals surface area contributed by atoms with Crippen molar-refractivity contribution < 1.29 is 0 Å². The highest BCUT2D eigenvalue weighted by Crippen LogP contribution is 2.37. The lowest BCUT2D eigenvalue weighted by Gasteiger charge is -2.19. The van der Waals surface area contributed by atoms with Gasteiger partial charge in [0.05, 0.1) is 5.02 Å². The molecule has 0 aliphatic carbocycles. The van der Waals surface area contributed by atoms with Crippen molar-refractivity contribution in [1.29, 1.82) is 0 Å². The van der Waals surface area contributed by atoms with Crippen molar-refractivity contribution in [3.63, 3.8) is 0 Å². The summed E-state index contributed by atoms with van der Waals surface area (Å²) >= 11 is 19.9. The number of rotatable bonds is 2. The van der Waals surface area contributed by atoms with E-state index < -0.39 is 0 Å². The molecule has 0 radical (unpaired) electrons. The van der Waals surface area contributed by atoms with Gasteiger partial charge in [0.25, 0.3) is 0 Å². The molecule has 0 aliphatic heterocycles. The first-order chi connectivity index (χ1) is 9.68. The Morgan fingerprint density at radius 3 is 2.33 bits per heavy atom. The van der Waals surface area contributed by atoms with Crippen LogP contribution in [0.2, 0.25) is 15.2 Å². The van der Waals surface area contributed by atoms with Gasteiger partial charge in [-0.15, -0.1) is 0 Å². The van der Waals surface area contributed by atoms with Gasteiger partial charge in [0, 0.05) is 20.9 Å². The molecule has 0 atom stereocenters. The molecule has 0 unspecified atom stereocenters. The molecule has 0 saturated heterocycles.